The minimum atomic E-state index is -0.370. The maximum Gasteiger partial charge on any atom is 0.227 e. The molecule has 100 valence electrons. The Morgan fingerprint density at radius 2 is 1.94 bits per heavy atom. The fraction of sp³-hybridized carbons (Fsp3) is 0.923. The van der Waals surface area contributed by atoms with Gasteiger partial charge in [-0.1, -0.05) is 13.8 Å². The second-order valence-electron chi connectivity index (χ2n) is 4.96. The summed E-state index contributed by atoms with van der Waals surface area (Å²) >= 11 is 0. The Morgan fingerprint density at radius 3 is 2.41 bits per heavy atom. The van der Waals surface area contributed by atoms with Crippen LogP contribution in [-0.2, 0) is 9.53 Å². The van der Waals surface area contributed by atoms with Gasteiger partial charge in [-0.2, -0.15) is 0 Å². The Morgan fingerprint density at radius 1 is 1.35 bits per heavy atom. The Balaban J connectivity index is 2.41. The van der Waals surface area contributed by atoms with E-state index in [2.05, 4.69) is 5.32 Å². The van der Waals surface area contributed by atoms with Crippen molar-refractivity contribution >= 4 is 5.91 Å². The molecule has 1 aliphatic rings. The number of hydrogen-bond donors (Lipinski definition) is 2. The molecule has 0 aromatic heterocycles. The molecule has 0 bridgehead atoms. The van der Waals surface area contributed by atoms with Gasteiger partial charge in [0.05, 0.1) is 5.41 Å². The van der Waals surface area contributed by atoms with E-state index in [1.807, 2.05) is 13.8 Å². The lowest BCUT2D eigenvalue weighted by Gasteiger charge is -2.30. The van der Waals surface area contributed by atoms with Crippen molar-refractivity contribution in [2.45, 2.75) is 39.5 Å². The first-order valence-electron chi connectivity index (χ1n) is 6.74. The Labute approximate surface area is 104 Å². The number of nitrogens with one attached hydrogen (secondary N) is 1. The fourth-order valence-electron chi connectivity index (χ4n) is 2.33. The molecule has 0 aromatic rings. The molecule has 1 saturated heterocycles. The van der Waals surface area contributed by atoms with Crippen LogP contribution in [0.3, 0.4) is 0 Å². The molecule has 4 heteroatoms. The van der Waals surface area contributed by atoms with Gasteiger partial charge < -0.3 is 15.8 Å². The zero-order chi connectivity index (χ0) is 12.7. The highest BCUT2D eigenvalue weighted by atomic mass is 16.5. The number of hydrogen-bond acceptors (Lipinski definition) is 3. The van der Waals surface area contributed by atoms with E-state index in [-0.39, 0.29) is 11.3 Å². The first-order valence-corrected chi connectivity index (χ1v) is 6.74. The van der Waals surface area contributed by atoms with E-state index in [1.165, 1.54) is 0 Å². The van der Waals surface area contributed by atoms with Crippen LogP contribution in [0.4, 0.5) is 0 Å². The second kappa shape index (κ2) is 6.97. The third-order valence-electron chi connectivity index (χ3n) is 4.12. The maximum atomic E-state index is 12.2. The van der Waals surface area contributed by atoms with Crippen molar-refractivity contribution in [1.29, 1.82) is 0 Å². The van der Waals surface area contributed by atoms with Crippen molar-refractivity contribution in [3.8, 4) is 0 Å². The molecule has 1 aliphatic heterocycles. The SMILES string of the molecule is CCC(CC)(CN)C(=O)NCC1CCOCC1. The highest BCUT2D eigenvalue weighted by Crippen LogP contribution is 2.25. The third-order valence-corrected chi connectivity index (χ3v) is 4.12. The van der Waals surface area contributed by atoms with E-state index in [9.17, 15) is 4.79 Å². The summed E-state index contributed by atoms with van der Waals surface area (Å²) in [6, 6.07) is 0. The Hall–Kier alpha value is -0.610. The molecule has 0 aromatic carbocycles. The zero-order valence-electron chi connectivity index (χ0n) is 11.1. The predicted octanol–water partition coefficient (Wildman–Crippen LogP) is 1.29. The summed E-state index contributed by atoms with van der Waals surface area (Å²) in [4.78, 5) is 12.2. The van der Waals surface area contributed by atoms with Gasteiger partial charge in [-0.3, -0.25) is 4.79 Å². The Kier molecular flexibility index (Phi) is 5.92. The van der Waals surface area contributed by atoms with Crippen molar-refractivity contribution in [1.82, 2.24) is 5.32 Å². The lowest BCUT2D eigenvalue weighted by Crippen LogP contribution is -2.46. The van der Waals surface area contributed by atoms with Crippen LogP contribution in [-0.4, -0.2) is 32.2 Å². The van der Waals surface area contributed by atoms with Gasteiger partial charge in [0.2, 0.25) is 5.91 Å². The van der Waals surface area contributed by atoms with Gasteiger partial charge in [-0.25, -0.2) is 0 Å². The number of rotatable bonds is 6. The van der Waals surface area contributed by atoms with Crippen LogP contribution in [0.1, 0.15) is 39.5 Å². The summed E-state index contributed by atoms with van der Waals surface area (Å²) in [5, 5.41) is 3.07. The van der Waals surface area contributed by atoms with E-state index >= 15 is 0 Å². The van der Waals surface area contributed by atoms with Gasteiger partial charge in [-0.15, -0.1) is 0 Å². The first kappa shape index (κ1) is 14.5. The molecule has 3 N–H and O–H groups in total. The van der Waals surface area contributed by atoms with Gasteiger partial charge in [0.1, 0.15) is 0 Å². The van der Waals surface area contributed by atoms with Crippen molar-refractivity contribution < 1.29 is 9.53 Å². The molecule has 0 radical (unpaired) electrons. The van der Waals surface area contributed by atoms with Gasteiger partial charge in [-0.05, 0) is 31.6 Å². The van der Waals surface area contributed by atoms with Crippen molar-refractivity contribution in [3.63, 3.8) is 0 Å². The van der Waals surface area contributed by atoms with Crippen LogP contribution < -0.4 is 11.1 Å². The monoisotopic (exact) mass is 242 g/mol. The van der Waals surface area contributed by atoms with Crippen molar-refractivity contribution in [2.24, 2.45) is 17.1 Å². The van der Waals surface area contributed by atoms with E-state index < -0.39 is 0 Å². The number of ether oxygens (including phenoxy) is 1. The summed E-state index contributed by atoms with van der Waals surface area (Å²) in [6.45, 7) is 6.91. The van der Waals surface area contributed by atoms with Crippen LogP contribution in [0.25, 0.3) is 0 Å². The molecule has 1 amide bonds. The fourth-order valence-corrected chi connectivity index (χ4v) is 2.33. The quantitative estimate of drug-likeness (QED) is 0.738. The number of nitrogens with two attached hydrogens (primary N) is 1. The van der Waals surface area contributed by atoms with E-state index in [1.54, 1.807) is 0 Å². The molecule has 0 saturated carbocycles. The van der Waals surface area contributed by atoms with Crippen LogP contribution in [0.5, 0.6) is 0 Å². The molecule has 0 atom stereocenters. The smallest absolute Gasteiger partial charge is 0.227 e. The molecule has 17 heavy (non-hydrogen) atoms. The molecule has 0 aliphatic carbocycles. The molecular weight excluding hydrogens is 216 g/mol. The molecule has 1 fully saturated rings. The topological polar surface area (TPSA) is 64.4 Å². The minimum absolute atomic E-state index is 0.122. The van der Waals surface area contributed by atoms with Gasteiger partial charge in [0.25, 0.3) is 0 Å². The summed E-state index contributed by atoms with van der Waals surface area (Å²) in [5.74, 6) is 0.688. The minimum Gasteiger partial charge on any atom is -0.381 e. The van der Waals surface area contributed by atoms with E-state index in [4.69, 9.17) is 10.5 Å². The zero-order valence-corrected chi connectivity index (χ0v) is 11.1. The van der Waals surface area contributed by atoms with Gasteiger partial charge >= 0.3 is 0 Å². The molecule has 0 unspecified atom stereocenters. The second-order valence-corrected chi connectivity index (χ2v) is 4.96. The average molecular weight is 242 g/mol. The lowest BCUT2D eigenvalue weighted by molar-refractivity contribution is -0.131. The van der Waals surface area contributed by atoms with Crippen molar-refractivity contribution in [3.05, 3.63) is 0 Å². The standard InChI is InChI=1S/C13H26N2O2/c1-3-13(4-2,10-14)12(16)15-9-11-5-7-17-8-6-11/h11H,3-10,14H2,1-2H3,(H,15,16). The predicted molar refractivity (Wildman–Crippen MR) is 68.6 cm³/mol. The number of amides is 1. The first-order chi connectivity index (χ1) is 8.18. The van der Waals surface area contributed by atoms with Crippen LogP contribution in [0.2, 0.25) is 0 Å². The van der Waals surface area contributed by atoms with E-state index in [0.717, 1.165) is 45.4 Å². The number of carbonyl (C=O) groups excluding carboxylic acids is 1. The van der Waals surface area contributed by atoms with Crippen LogP contribution in [0.15, 0.2) is 0 Å². The third kappa shape index (κ3) is 3.68. The summed E-state index contributed by atoms with van der Waals surface area (Å²) in [5.41, 5.74) is 5.39. The largest absolute Gasteiger partial charge is 0.381 e. The molecule has 4 nitrogen and oxygen atoms in total. The van der Waals surface area contributed by atoms with E-state index in [0.29, 0.717) is 12.5 Å². The van der Waals surface area contributed by atoms with Gasteiger partial charge in [0.15, 0.2) is 0 Å². The van der Waals surface area contributed by atoms with Crippen LogP contribution >= 0.6 is 0 Å². The maximum absolute atomic E-state index is 12.2. The number of carbonyl (C=O) groups is 1. The highest BCUT2D eigenvalue weighted by molar-refractivity contribution is 5.82. The molecule has 1 rings (SSSR count). The molecule has 1 heterocycles. The summed E-state index contributed by atoms with van der Waals surface area (Å²) in [6.07, 6.45) is 3.71. The average Bonchev–Trinajstić information content (AvgIpc) is 2.40. The Bertz CT molecular complexity index is 225. The normalized spacial score (nSPS) is 18.1. The summed E-state index contributed by atoms with van der Waals surface area (Å²) in [7, 11) is 0. The van der Waals surface area contributed by atoms with Crippen LogP contribution in [0, 0.1) is 11.3 Å². The van der Waals surface area contributed by atoms with Crippen molar-refractivity contribution in [2.75, 3.05) is 26.3 Å². The summed E-state index contributed by atoms with van der Waals surface area (Å²) < 4.78 is 5.30. The van der Waals surface area contributed by atoms with Gasteiger partial charge in [0, 0.05) is 26.3 Å². The lowest BCUT2D eigenvalue weighted by atomic mass is 9.81. The molecule has 0 spiro atoms. The molecular formula is C13H26N2O2. The highest BCUT2D eigenvalue weighted by Gasteiger charge is 2.33.